The van der Waals surface area contributed by atoms with Crippen molar-refractivity contribution in [3.63, 3.8) is 0 Å². The van der Waals surface area contributed by atoms with Gasteiger partial charge >= 0.3 is 0 Å². The molecule has 31 heavy (non-hydrogen) atoms. The molecular weight excluding hydrogens is 420 g/mol. The Kier molecular flexibility index (Phi) is 5.77. The number of rotatable bonds is 8. The lowest BCUT2D eigenvalue weighted by Crippen LogP contribution is -2.03. The van der Waals surface area contributed by atoms with Crippen molar-refractivity contribution in [1.82, 2.24) is 10.1 Å². The zero-order chi connectivity index (χ0) is 21.8. The highest BCUT2D eigenvalue weighted by atomic mass is 32.2. The van der Waals surface area contributed by atoms with Crippen molar-refractivity contribution in [2.75, 3.05) is 13.7 Å². The zero-order valence-electron chi connectivity index (χ0n) is 16.9. The van der Waals surface area contributed by atoms with E-state index in [1.807, 2.05) is 6.92 Å². The molecule has 0 aliphatic rings. The van der Waals surface area contributed by atoms with Gasteiger partial charge in [-0.15, -0.1) is 0 Å². The quantitative estimate of drug-likeness (QED) is 0.398. The summed E-state index contributed by atoms with van der Waals surface area (Å²) in [4.78, 5) is 4.59. The second-order valence-corrected chi connectivity index (χ2v) is 8.55. The smallest absolute Gasteiger partial charge is 0.293 e. The summed E-state index contributed by atoms with van der Waals surface area (Å²) in [6.45, 7) is 2.41. The van der Waals surface area contributed by atoms with Crippen molar-refractivity contribution >= 4 is 9.84 Å². The number of furan rings is 1. The summed E-state index contributed by atoms with van der Waals surface area (Å²) in [7, 11) is -1.97. The van der Waals surface area contributed by atoms with E-state index in [4.69, 9.17) is 18.4 Å². The number of sulfone groups is 1. The Balaban J connectivity index is 1.55. The number of methoxy groups -OCH3 is 1. The third kappa shape index (κ3) is 4.46. The minimum atomic E-state index is -3.52. The summed E-state index contributed by atoms with van der Waals surface area (Å²) >= 11 is 0. The van der Waals surface area contributed by atoms with Crippen molar-refractivity contribution in [3.8, 4) is 34.5 Å². The van der Waals surface area contributed by atoms with E-state index >= 15 is 0 Å². The Morgan fingerprint density at radius 3 is 2.55 bits per heavy atom. The first-order chi connectivity index (χ1) is 15.0. The summed E-state index contributed by atoms with van der Waals surface area (Å²) in [5.41, 5.74) is 0.675. The molecule has 2 aromatic heterocycles. The SMILES string of the molecule is CCOc1ccc(-c2noc(-c3ccc(CS(=O)(=O)c4ccccc4)o3)n2)cc1OC. The Hall–Kier alpha value is -3.59. The van der Waals surface area contributed by atoms with Crippen molar-refractivity contribution in [2.24, 2.45) is 0 Å². The van der Waals surface area contributed by atoms with Crippen LogP contribution in [0.1, 0.15) is 12.7 Å². The van der Waals surface area contributed by atoms with Crippen LogP contribution in [0.4, 0.5) is 0 Å². The maximum atomic E-state index is 12.5. The maximum absolute atomic E-state index is 12.5. The molecule has 4 rings (SSSR count). The Bertz CT molecular complexity index is 1280. The fraction of sp³-hybridized carbons (Fsp3) is 0.182. The second kappa shape index (κ2) is 8.65. The first-order valence-electron chi connectivity index (χ1n) is 9.52. The standard InChI is InChI=1S/C22H20N2O6S/c1-3-28-18-11-9-15(13-20(18)27-2)21-23-22(30-24-21)19-12-10-16(29-19)14-31(25,26)17-7-5-4-6-8-17/h4-13H,3,14H2,1-2H3. The molecule has 0 amide bonds. The zero-order valence-corrected chi connectivity index (χ0v) is 17.8. The third-order valence-corrected chi connectivity index (χ3v) is 6.11. The molecule has 4 aromatic rings. The highest BCUT2D eigenvalue weighted by Crippen LogP contribution is 2.32. The van der Waals surface area contributed by atoms with E-state index in [2.05, 4.69) is 10.1 Å². The van der Waals surface area contributed by atoms with Crippen molar-refractivity contribution in [3.05, 3.63) is 66.4 Å². The lowest BCUT2D eigenvalue weighted by molar-refractivity contribution is 0.311. The van der Waals surface area contributed by atoms with Gasteiger partial charge in [-0.25, -0.2) is 8.42 Å². The average Bonchev–Trinajstić information content (AvgIpc) is 3.44. The molecule has 0 N–H and O–H groups in total. The molecule has 0 atom stereocenters. The van der Waals surface area contributed by atoms with Crippen LogP contribution in [0.25, 0.3) is 23.0 Å². The summed E-state index contributed by atoms with van der Waals surface area (Å²) in [5.74, 6) is 1.95. The highest BCUT2D eigenvalue weighted by Gasteiger charge is 2.20. The average molecular weight is 440 g/mol. The van der Waals surface area contributed by atoms with E-state index in [0.717, 1.165) is 0 Å². The molecular formula is C22H20N2O6S. The van der Waals surface area contributed by atoms with Gasteiger partial charge in [-0.05, 0) is 49.4 Å². The molecule has 0 aliphatic carbocycles. The molecule has 0 aliphatic heterocycles. The minimum absolute atomic E-state index is 0.145. The van der Waals surface area contributed by atoms with Crippen molar-refractivity contribution in [1.29, 1.82) is 0 Å². The fourth-order valence-corrected chi connectivity index (χ4v) is 4.26. The molecule has 0 spiro atoms. The molecule has 0 unspecified atom stereocenters. The highest BCUT2D eigenvalue weighted by molar-refractivity contribution is 7.90. The predicted molar refractivity (Wildman–Crippen MR) is 112 cm³/mol. The van der Waals surface area contributed by atoms with Gasteiger partial charge in [0.05, 0.1) is 18.6 Å². The van der Waals surface area contributed by atoms with E-state index in [9.17, 15) is 8.42 Å². The van der Waals surface area contributed by atoms with Crippen LogP contribution in [-0.2, 0) is 15.6 Å². The number of aromatic nitrogens is 2. The van der Waals surface area contributed by atoms with Crippen LogP contribution in [-0.4, -0.2) is 32.3 Å². The number of hydrogen-bond donors (Lipinski definition) is 0. The molecule has 2 heterocycles. The summed E-state index contributed by atoms with van der Waals surface area (Å²) < 4.78 is 46.9. The monoisotopic (exact) mass is 440 g/mol. The van der Waals surface area contributed by atoms with Crippen LogP contribution < -0.4 is 9.47 Å². The lowest BCUT2D eigenvalue weighted by atomic mass is 10.2. The van der Waals surface area contributed by atoms with E-state index in [1.54, 1.807) is 67.8 Å². The van der Waals surface area contributed by atoms with Gasteiger partial charge < -0.3 is 18.4 Å². The largest absolute Gasteiger partial charge is 0.493 e. The van der Waals surface area contributed by atoms with Crippen molar-refractivity contribution in [2.45, 2.75) is 17.6 Å². The molecule has 8 nitrogen and oxygen atoms in total. The number of ether oxygens (including phenoxy) is 2. The molecule has 9 heteroatoms. The van der Waals surface area contributed by atoms with Gasteiger partial charge in [0.25, 0.3) is 5.89 Å². The number of benzene rings is 2. The van der Waals surface area contributed by atoms with Gasteiger partial charge in [0, 0.05) is 5.56 Å². The fourth-order valence-electron chi connectivity index (χ4n) is 2.99. The van der Waals surface area contributed by atoms with E-state index in [1.165, 1.54) is 0 Å². The molecule has 0 radical (unpaired) electrons. The van der Waals surface area contributed by atoms with E-state index < -0.39 is 9.84 Å². The second-order valence-electron chi connectivity index (χ2n) is 6.56. The molecule has 0 saturated carbocycles. The first-order valence-corrected chi connectivity index (χ1v) is 11.2. The van der Waals surface area contributed by atoms with Crippen LogP contribution in [0.2, 0.25) is 0 Å². The first kappa shape index (κ1) is 20.7. The van der Waals surface area contributed by atoms with Crippen LogP contribution >= 0.6 is 0 Å². The summed E-state index contributed by atoms with van der Waals surface area (Å²) in [6.07, 6.45) is 0. The predicted octanol–water partition coefficient (Wildman–Crippen LogP) is 4.38. The van der Waals surface area contributed by atoms with Gasteiger partial charge in [-0.2, -0.15) is 4.98 Å². The number of nitrogens with zero attached hydrogens (tertiary/aromatic N) is 2. The van der Waals surface area contributed by atoms with Crippen LogP contribution in [0, 0.1) is 0 Å². The maximum Gasteiger partial charge on any atom is 0.293 e. The normalized spacial score (nSPS) is 11.4. The Labute approximate surface area is 179 Å². The van der Waals surface area contributed by atoms with Gasteiger partial charge in [-0.1, -0.05) is 23.4 Å². The Morgan fingerprint density at radius 1 is 1.00 bits per heavy atom. The van der Waals surface area contributed by atoms with E-state index in [-0.39, 0.29) is 28.1 Å². The molecule has 2 aromatic carbocycles. The molecule has 0 saturated heterocycles. The van der Waals surface area contributed by atoms with Gasteiger partial charge in [0.15, 0.2) is 27.1 Å². The number of hydrogen-bond acceptors (Lipinski definition) is 8. The molecule has 160 valence electrons. The minimum Gasteiger partial charge on any atom is -0.493 e. The summed E-state index contributed by atoms with van der Waals surface area (Å²) in [5, 5.41) is 3.98. The van der Waals surface area contributed by atoms with Crippen LogP contribution in [0.15, 0.2) is 74.5 Å². The van der Waals surface area contributed by atoms with E-state index in [0.29, 0.717) is 29.5 Å². The van der Waals surface area contributed by atoms with Gasteiger partial charge in [0.2, 0.25) is 5.82 Å². The molecule has 0 fully saturated rings. The topological polar surface area (TPSA) is 105 Å². The lowest BCUT2D eigenvalue weighted by Gasteiger charge is -2.09. The molecule has 0 bridgehead atoms. The Morgan fingerprint density at radius 2 is 1.81 bits per heavy atom. The third-order valence-electron chi connectivity index (χ3n) is 4.45. The van der Waals surface area contributed by atoms with Crippen LogP contribution in [0.3, 0.4) is 0 Å². The summed E-state index contributed by atoms with van der Waals surface area (Å²) in [6, 6.07) is 16.7. The van der Waals surface area contributed by atoms with Crippen molar-refractivity contribution < 1.29 is 26.8 Å². The van der Waals surface area contributed by atoms with Crippen LogP contribution in [0.5, 0.6) is 11.5 Å². The van der Waals surface area contributed by atoms with Gasteiger partial charge in [0.1, 0.15) is 11.5 Å². The van der Waals surface area contributed by atoms with Gasteiger partial charge in [-0.3, -0.25) is 0 Å².